The van der Waals surface area contributed by atoms with Crippen LogP contribution in [0, 0.1) is 0 Å². The minimum absolute atomic E-state index is 0.228. The average Bonchev–Trinajstić information content (AvgIpc) is 2.90. The van der Waals surface area contributed by atoms with Crippen LogP contribution < -0.4 is 14.8 Å². The Kier molecular flexibility index (Phi) is 2.95. The molecule has 2 aromatic rings. The van der Waals surface area contributed by atoms with E-state index >= 15 is 0 Å². The van der Waals surface area contributed by atoms with Gasteiger partial charge in [0.25, 0.3) is 0 Å². The van der Waals surface area contributed by atoms with E-state index in [-0.39, 0.29) is 11.8 Å². The summed E-state index contributed by atoms with van der Waals surface area (Å²) in [6.07, 6.45) is -0.343. The molecule has 0 amide bonds. The van der Waals surface area contributed by atoms with Crippen LogP contribution in [0.25, 0.3) is 0 Å². The summed E-state index contributed by atoms with van der Waals surface area (Å²) in [7, 11) is 1.61. The van der Waals surface area contributed by atoms with Gasteiger partial charge in [-0.3, -0.25) is 0 Å². The van der Waals surface area contributed by atoms with Gasteiger partial charge in [0.05, 0.1) is 18.4 Å². The van der Waals surface area contributed by atoms with Crippen LogP contribution >= 0.6 is 0 Å². The fourth-order valence-electron chi connectivity index (χ4n) is 2.13. The predicted octanol–water partition coefficient (Wildman–Crippen LogP) is 2.90. The third-order valence-electron chi connectivity index (χ3n) is 3.15. The quantitative estimate of drug-likeness (QED) is 0.898. The van der Waals surface area contributed by atoms with Crippen molar-refractivity contribution in [3.8, 4) is 11.5 Å². The first-order valence-corrected chi connectivity index (χ1v) is 6.12. The molecule has 0 saturated heterocycles. The molecule has 0 saturated carbocycles. The summed E-state index contributed by atoms with van der Waals surface area (Å²) in [5.74, 6) is 0.428. The van der Waals surface area contributed by atoms with Crippen molar-refractivity contribution in [3.05, 3.63) is 53.6 Å². The van der Waals surface area contributed by atoms with Gasteiger partial charge < -0.3 is 19.9 Å². The van der Waals surface area contributed by atoms with Gasteiger partial charge in [-0.15, -0.1) is 0 Å². The zero-order chi connectivity index (χ0) is 14.1. The molecule has 5 nitrogen and oxygen atoms in total. The molecule has 0 spiro atoms. The summed E-state index contributed by atoms with van der Waals surface area (Å²) in [4.78, 5) is 11.0. The Morgan fingerprint density at radius 3 is 2.90 bits per heavy atom. The number of fused-ring (bicyclic) bond motifs is 1. The number of hydrogen-bond donors (Lipinski definition) is 2. The number of methoxy groups -OCH3 is 1. The van der Waals surface area contributed by atoms with Gasteiger partial charge in [-0.05, 0) is 30.3 Å². The van der Waals surface area contributed by atoms with Crippen molar-refractivity contribution < 1.29 is 19.4 Å². The van der Waals surface area contributed by atoms with E-state index in [2.05, 4.69) is 5.32 Å². The van der Waals surface area contributed by atoms with Crippen molar-refractivity contribution in [1.82, 2.24) is 0 Å². The molecule has 5 heteroatoms. The second kappa shape index (κ2) is 4.77. The lowest BCUT2D eigenvalue weighted by Gasteiger charge is -2.12. The van der Waals surface area contributed by atoms with Gasteiger partial charge in [-0.2, -0.15) is 0 Å². The first kappa shape index (κ1) is 12.3. The molecule has 0 fully saturated rings. The molecule has 3 rings (SSSR count). The maximum absolute atomic E-state index is 11.0. The number of hydrogen-bond acceptors (Lipinski definition) is 4. The maximum atomic E-state index is 11.0. The number of anilines is 1. The summed E-state index contributed by atoms with van der Waals surface area (Å²) in [5, 5.41) is 12.1. The molecule has 1 unspecified atom stereocenters. The molecule has 1 heterocycles. The maximum Gasteiger partial charge on any atom is 0.335 e. The lowest BCUT2D eigenvalue weighted by molar-refractivity contribution is 0.0697. The Balaban J connectivity index is 1.87. The van der Waals surface area contributed by atoms with Gasteiger partial charge in [0, 0.05) is 5.56 Å². The number of carbonyl (C=O) groups is 1. The summed E-state index contributed by atoms with van der Waals surface area (Å²) in [5.41, 5.74) is 1.82. The topological polar surface area (TPSA) is 67.8 Å². The lowest BCUT2D eigenvalue weighted by Crippen LogP contribution is -2.10. The highest BCUT2D eigenvalue weighted by atomic mass is 16.5. The van der Waals surface area contributed by atoms with Crippen molar-refractivity contribution in [1.29, 1.82) is 0 Å². The highest BCUT2D eigenvalue weighted by Gasteiger charge is 2.24. The van der Waals surface area contributed by atoms with E-state index in [1.165, 1.54) is 6.07 Å². The SMILES string of the molecule is COc1cccc(C2Nc3cc(C(=O)O)ccc3O2)c1. The molecule has 0 aliphatic carbocycles. The van der Waals surface area contributed by atoms with Gasteiger partial charge >= 0.3 is 5.97 Å². The van der Waals surface area contributed by atoms with Gasteiger partial charge in [0.15, 0.2) is 6.23 Å². The Hall–Kier alpha value is -2.69. The molecule has 0 aromatic heterocycles. The molecule has 1 aliphatic rings. The van der Waals surface area contributed by atoms with Crippen molar-refractivity contribution >= 4 is 11.7 Å². The van der Waals surface area contributed by atoms with Crippen LogP contribution in [0.3, 0.4) is 0 Å². The van der Waals surface area contributed by atoms with E-state index in [0.717, 1.165) is 11.3 Å². The number of nitrogens with one attached hydrogen (secondary N) is 1. The first-order chi connectivity index (χ1) is 9.67. The highest BCUT2D eigenvalue weighted by Crippen LogP contribution is 2.38. The van der Waals surface area contributed by atoms with Gasteiger partial charge in [0.2, 0.25) is 0 Å². The average molecular weight is 271 g/mol. The minimum atomic E-state index is -0.959. The molecular formula is C15H13NO4. The van der Waals surface area contributed by atoms with Crippen molar-refractivity contribution in [2.75, 3.05) is 12.4 Å². The second-order valence-electron chi connectivity index (χ2n) is 4.43. The highest BCUT2D eigenvalue weighted by molar-refractivity contribution is 5.89. The fourth-order valence-corrected chi connectivity index (χ4v) is 2.13. The van der Waals surface area contributed by atoms with Crippen LogP contribution in [0.5, 0.6) is 11.5 Å². The molecule has 2 N–H and O–H groups in total. The number of ether oxygens (including phenoxy) is 2. The Morgan fingerprint density at radius 1 is 1.30 bits per heavy atom. The Labute approximate surface area is 115 Å². The van der Waals surface area contributed by atoms with Crippen molar-refractivity contribution in [2.24, 2.45) is 0 Å². The van der Waals surface area contributed by atoms with Crippen LogP contribution in [0.4, 0.5) is 5.69 Å². The van der Waals surface area contributed by atoms with E-state index in [9.17, 15) is 4.79 Å². The van der Waals surface area contributed by atoms with Crippen LogP contribution in [0.1, 0.15) is 22.1 Å². The van der Waals surface area contributed by atoms with E-state index in [1.54, 1.807) is 19.2 Å². The number of benzene rings is 2. The molecule has 20 heavy (non-hydrogen) atoms. The Bertz CT molecular complexity index is 669. The molecule has 0 radical (unpaired) electrons. The summed E-state index contributed by atoms with van der Waals surface area (Å²) >= 11 is 0. The van der Waals surface area contributed by atoms with E-state index in [0.29, 0.717) is 11.4 Å². The monoisotopic (exact) mass is 271 g/mol. The number of rotatable bonds is 3. The van der Waals surface area contributed by atoms with Crippen LogP contribution in [-0.2, 0) is 0 Å². The number of carboxylic acid groups (broad SMARTS) is 1. The predicted molar refractivity (Wildman–Crippen MR) is 73.4 cm³/mol. The van der Waals surface area contributed by atoms with Gasteiger partial charge in [0.1, 0.15) is 11.5 Å². The van der Waals surface area contributed by atoms with Crippen molar-refractivity contribution in [2.45, 2.75) is 6.23 Å². The zero-order valence-electron chi connectivity index (χ0n) is 10.8. The largest absolute Gasteiger partial charge is 0.497 e. The first-order valence-electron chi connectivity index (χ1n) is 6.12. The summed E-state index contributed by atoms with van der Waals surface area (Å²) < 4.78 is 10.9. The third kappa shape index (κ3) is 2.14. The Morgan fingerprint density at radius 2 is 2.15 bits per heavy atom. The number of carboxylic acids is 1. The lowest BCUT2D eigenvalue weighted by atomic mass is 10.2. The summed E-state index contributed by atoms with van der Waals surface area (Å²) in [6.45, 7) is 0. The standard InChI is InChI=1S/C15H13NO4/c1-19-11-4-2-3-9(7-11)14-16-12-8-10(15(17)18)5-6-13(12)20-14/h2-8,14,16H,1H3,(H,17,18). The van der Waals surface area contributed by atoms with Crippen molar-refractivity contribution in [3.63, 3.8) is 0 Å². The normalized spacial score (nSPS) is 15.9. The fraction of sp³-hybridized carbons (Fsp3) is 0.133. The van der Waals surface area contributed by atoms with Crippen LogP contribution in [0.15, 0.2) is 42.5 Å². The van der Waals surface area contributed by atoms with Crippen LogP contribution in [0.2, 0.25) is 0 Å². The number of aromatic carboxylic acids is 1. The summed E-state index contributed by atoms with van der Waals surface area (Å²) in [6, 6.07) is 12.3. The molecule has 102 valence electrons. The molecule has 0 bridgehead atoms. The minimum Gasteiger partial charge on any atom is -0.497 e. The molecule has 1 aliphatic heterocycles. The van der Waals surface area contributed by atoms with E-state index < -0.39 is 5.97 Å². The van der Waals surface area contributed by atoms with E-state index in [1.807, 2.05) is 24.3 Å². The zero-order valence-corrected chi connectivity index (χ0v) is 10.8. The smallest absolute Gasteiger partial charge is 0.335 e. The molecular weight excluding hydrogens is 258 g/mol. The molecule has 1 atom stereocenters. The van der Waals surface area contributed by atoms with E-state index in [4.69, 9.17) is 14.6 Å². The van der Waals surface area contributed by atoms with Crippen LogP contribution in [-0.4, -0.2) is 18.2 Å². The van der Waals surface area contributed by atoms with Gasteiger partial charge in [-0.1, -0.05) is 12.1 Å². The van der Waals surface area contributed by atoms with Gasteiger partial charge in [-0.25, -0.2) is 4.79 Å². The molecule has 2 aromatic carbocycles. The third-order valence-corrected chi connectivity index (χ3v) is 3.15. The second-order valence-corrected chi connectivity index (χ2v) is 4.43.